The van der Waals surface area contributed by atoms with Crippen molar-refractivity contribution >= 4 is 23.9 Å². The molecule has 0 saturated carbocycles. The number of aliphatic imine (C=N–C) groups is 1. The smallest absolute Gasteiger partial charge is 0.363 e. The Morgan fingerprint density at radius 1 is 1.28 bits per heavy atom. The van der Waals surface area contributed by atoms with E-state index in [1.807, 2.05) is 6.92 Å². The first-order valence-electron chi connectivity index (χ1n) is 7.53. The monoisotopic (exact) mass is 340 g/mol. The van der Waals surface area contributed by atoms with Crippen molar-refractivity contribution in [3.05, 3.63) is 58.7 Å². The predicted octanol–water partition coefficient (Wildman–Crippen LogP) is 2.11. The quantitative estimate of drug-likeness (QED) is 0.663. The Bertz CT molecular complexity index is 891. The lowest BCUT2D eigenvalue weighted by Gasteiger charge is -2.03. The van der Waals surface area contributed by atoms with Crippen molar-refractivity contribution < 1.29 is 23.5 Å². The minimum atomic E-state index is -0.550. The van der Waals surface area contributed by atoms with Gasteiger partial charge in [0.05, 0.1) is 5.56 Å². The molecule has 0 saturated heterocycles. The van der Waals surface area contributed by atoms with Crippen molar-refractivity contribution in [2.24, 2.45) is 10.7 Å². The van der Waals surface area contributed by atoms with E-state index < -0.39 is 11.9 Å². The van der Waals surface area contributed by atoms with Crippen molar-refractivity contribution in [2.45, 2.75) is 13.8 Å². The zero-order valence-electron chi connectivity index (χ0n) is 13.7. The largest absolute Gasteiger partial charge is 0.484 e. The minimum absolute atomic E-state index is 0.191. The van der Waals surface area contributed by atoms with E-state index in [-0.39, 0.29) is 18.2 Å². The number of carbonyl (C=O) groups is 2. The molecule has 0 fully saturated rings. The van der Waals surface area contributed by atoms with E-state index in [1.54, 1.807) is 43.3 Å². The normalized spacial score (nSPS) is 15.2. The summed E-state index contributed by atoms with van der Waals surface area (Å²) < 4.78 is 15.8. The fourth-order valence-corrected chi connectivity index (χ4v) is 2.34. The van der Waals surface area contributed by atoms with Crippen LogP contribution in [0.3, 0.4) is 0 Å². The third-order valence-electron chi connectivity index (χ3n) is 3.46. The number of rotatable bonds is 5. The van der Waals surface area contributed by atoms with Gasteiger partial charge >= 0.3 is 5.97 Å². The van der Waals surface area contributed by atoms with Gasteiger partial charge in [0.15, 0.2) is 12.3 Å². The summed E-state index contributed by atoms with van der Waals surface area (Å²) in [7, 11) is 0. The lowest BCUT2D eigenvalue weighted by Crippen LogP contribution is -2.19. The number of hydrogen-bond acceptors (Lipinski definition) is 6. The number of ether oxygens (including phenoxy) is 2. The van der Waals surface area contributed by atoms with Crippen LogP contribution >= 0.6 is 0 Å². The van der Waals surface area contributed by atoms with E-state index in [0.29, 0.717) is 17.1 Å². The second kappa shape index (κ2) is 6.64. The highest BCUT2D eigenvalue weighted by Crippen LogP contribution is 2.23. The fraction of sp³-hybridized carbons (Fsp3) is 0.167. The van der Waals surface area contributed by atoms with E-state index in [2.05, 4.69) is 4.99 Å². The molecule has 1 aliphatic rings. The Hall–Kier alpha value is -3.35. The van der Waals surface area contributed by atoms with Crippen LogP contribution in [0.15, 0.2) is 45.4 Å². The van der Waals surface area contributed by atoms with Crippen LogP contribution in [0.25, 0.3) is 6.08 Å². The first-order valence-corrected chi connectivity index (χ1v) is 7.53. The molecular weight excluding hydrogens is 324 g/mol. The molecule has 2 N–H and O–H groups in total. The maximum Gasteiger partial charge on any atom is 0.363 e. The van der Waals surface area contributed by atoms with Gasteiger partial charge in [-0.05, 0) is 43.7 Å². The molecule has 0 aliphatic carbocycles. The molecule has 7 nitrogen and oxygen atoms in total. The average Bonchev–Trinajstić information content (AvgIpc) is 3.08. The van der Waals surface area contributed by atoms with Crippen molar-refractivity contribution in [2.75, 3.05) is 6.61 Å². The summed E-state index contributed by atoms with van der Waals surface area (Å²) >= 11 is 0. The number of cyclic esters (lactones) is 1. The number of carbonyl (C=O) groups excluding carboxylic acids is 2. The van der Waals surface area contributed by atoms with Gasteiger partial charge in [-0.15, -0.1) is 0 Å². The fourth-order valence-electron chi connectivity index (χ4n) is 2.34. The second-order valence-electron chi connectivity index (χ2n) is 5.49. The van der Waals surface area contributed by atoms with Gasteiger partial charge in [0, 0.05) is 0 Å². The van der Waals surface area contributed by atoms with Gasteiger partial charge in [0.1, 0.15) is 17.3 Å². The lowest BCUT2D eigenvalue weighted by molar-refractivity contribution is -0.130. The predicted molar refractivity (Wildman–Crippen MR) is 89.9 cm³/mol. The minimum Gasteiger partial charge on any atom is -0.484 e. The number of benzene rings is 1. The molecule has 3 rings (SSSR count). The first kappa shape index (κ1) is 16.5. The third kappa shape index (κ3) is 3.77. The standard InChI is InChI=1S/C18H16N2O5/c1-10-7-14(11(2)24-10)17-20-15(18(22)25-17)8-12-3-5-13(6-4-12)23-9-16(19)21/h3-8H,9H2,1-2H3,(H2,19,21)/b15-8+. The van der Waals surface area contributed by atoms with E-state index in [0.717, 1.165) is 11.3 Å². The van der Waals surface area contributed by atoms with E-state index >= 15 is 0 Å². The molecule has 25 heavy (non-hydrogen) atoms. The summed E-state index contributed by atoms with van der Waals surface area (Å²) in [5.74, 6) is 1.01. The Labute approximate surface area is 143 Å². The van der Waals surface area contributed by atoms with Gasteiger partial charge in [-0.2, -0.15) is 0 Å². The summed E-state index contributed by atoms with van der Waals surface area (Å²) in [6, 6.07) is 8.58. The van der Waals surface area contributed by atoms with Crippen molar-refractivity contribution in [3.63, 3.8) is 0 Å². The summed E-state index contributed by atoms with van der Waals surface area (Å²) in [5, 5.41) is 0. The van der Waals surface area contributed by atoms with Crippen molar-refractivity contribution in [3.8, 4) is 5.75 Å². The zero-order chi connectivity index (χ0) is 18.0. The van der Waals surface area contributed by atoms with E-state index in [1.165, 1.54) is 0 Å². The number of aryl methyl sites for hydroxylation is 2. The number of esters is 1. The van der Waals surface area contributed by atoms with Crippen molar-refractivity contribution in [1.29, 1.82) is 0 Å². The number of nitrogens with two attached hydrogens (primary N) is 1. The zero-order valence-corrected chi connectivity index (χ0v) is 13.7. The Balaban J connectivity index is 1.79. The molecule has 1 aromatic carbocycles. The van der Waals surface area contributed by atoms with Crippen LogP contribution in [0, 0.1) is 13.8 Å². The molecule has 1 aromatic heterocycles. The molecular formula is C18H16N2O5. The SMILES string of the molecule is Cc1cc(C2=N/C(=C/c3ccc(OCC(N)=O)cc3)C(=O)O2)c(C)o1. The highest BCUT2D eigenvalue weighted by atomic mass is 16.6. The Kier molecular flexibility index (Phi) is 4.38. The highest BCUT2D eigenvalue weighted by Gasteiger charge is 2.26. The molecule has 0 unspecified atom stereocenters. The van der Waals surface area contributed by atoms with Gasteiger partial charge < -0.3 is 19.6 Å². The summed E-state index contributed by atoms with van der Waals surface area (Å²) in [6.45, 7) is 3.40. The summed E-state index contributed by atoms with van der Waals surface area (Å²) in [4.78, 5) is 27.0. The van der Waals surface area contributed by atoms with Gasteiger partial charge in [0.25, 0.3) is 5.91 Å². The van der Waals surface area contributed by atoms with E-state index in [4.69, 9.17) is 19.6 Å². The molecule has 0 atom stereocenters. The first-order chi connectivity index (χ1) is 11.9. The second-order valence-corrected chi connectivity index (χ2v) is 5.49. The maximum atomic E-state index is 12.0. The number of primary amides is 1. The Morgan fingerprint density at radius 2 is 2.00 bits per heavy atom. The summed E-state index contributed by atoms with van der Waals surface area (Å²) in [5.41, 5.74) is 6.61. The van der Waals surface area contributed by atoms with Crippen molar-refractivity contribution in [1.82, 2.24) is 0 Å². The third-order valence-corrected chi connectivity index (χ3v) is 3.46. The number of nitrogens with zero attached hydrogens (tertiary/aromatic N) is 1. The molecule has 128 valence electrons. The lowest BCUT2D eigenvalue weighted by atomic mass is 10.2. The van der Waals surface area contributed by atoms with E-state index in [9.17, 15) is 9.59 Å². The molecule has 2 aromatic rings. The van der Waals surface area contributed by atoms with Gasteiger partial charge in [-0.25, -0.2) is 9.79 Å². The van der Waals surface area contributed by atoms with Crippen LogP contribution in [0.2, 0.25) is 0 Å². The van der Waals surface area contributed by atoms with Gasteiger partial charge in [0.2, 0.25) is 5.90 Å². The summed E-state index contributed by atoms with van der Waals surface area (Å²) in [6.07, 6.45) is 1.61. The average molecular weight is 340 g/mol. The Morgan fingerprint density at radius 3 is 2.60 bits per heavy atom. The molecule has 0 bridgehead atoms. The van der Waals surface area contributed by atoms with Crippen LogP contribution in [-0.4, -0.2) is 24.4 Å². The highest BCUT2D eigenvalue weighted by molar-refractivity contribution is 6.13. The van der Waals surface area contributed by atoms with Crippen LogP contribution in [0.1, 0.15) is 22.6 Å². The topological polar surface area (TPSA) is 104 Å². The van der Waals surface area contributed by atoms with Crippen LogP contribution < -0.4 is 10.5 Å². The number of hydrogen-bond donors (Lipinski definition) is 1. The van der Waals surface area contributed by atoms with Crippen LogP contribution in [-0.2, 0) is 14.3 Å². The van der Waals surface area contributed by atoms with Gasteiger partial charge in [-0.1, -0.05) is 12.1 Å². The van der Waals surface area contributed by atoms with Crippen LogP contribution in [0.5, 0.6) is 5.75 Å². The molecule has 0 radical (unpaired) electrons. The molecule has 1 amide bonds. The maximum absolute atomic E-state index is 12.0. The molecule has 2 heterocycles. The number of furan rings is 1. The molecule has 0 spiro atoms. The number of amides is 1. The molecule has 1 aliphatic heterocycles. The molecule has 7 heteroatoms. The van der Waals surface area contributed by atoms with Crippen LogP contribution in [0.4, 0.5) is 0 Å². The van der Waals surface area contributed by atoms with Gasteiger partial charge in [-0.3, -0.25) is 4.79 Å².